The molecule has 5 heteroatoms. The molecular formula is C20H27ClN2O2. The predicted molar refractivity (Wildman–Crippen MR) is 99.5 cm³/mol. The van der Waals surface area contributed by atoms with Crippen molar-refractivity contribution in [2.24, 2.45) is 11.3 Å². The maximum absolute atomic E-state index is 13.0. The number of amides is 2. The zero-order chi connectivity index (χ0) is 18.0. The van der Waals surface area contributed by atoms with E-state index in [4.69, 9.17) is 11.6 Å². The van der Waals surface area contributed by atoms with Gasteiger partial charge >= 0.3 is 0 Å². The SMILES string of the molecule is CC1(C)CN(C(=O)C2CCCC2NC=O)CCC1c1ccc(Cl)cc1. The van der Waals surface area contributed by atoms with Gasteiger partial charge in [0.25, 0.3) is 0 Å². The van der Waals surface area contributed by atoms with E-state index < -0.39 is 0 Å². The van der Waals surface area contributed by atoms with Gasteiger partial charge in [-0.3, -0.25) is 9.59 Å². The van der Waals surface area contributed by atoms with E-state index in [1.807, 2.05) is 17.0 Å². The molecule has 0 radical (unpaired) electrons. The maximum atomic E-state index is 13.0. The van der Waals surface area contributed by atoms with Crippen molar-refractivity contribution < 1.29 is 9.59 Å². The molecule has 0 aromatic heterocycles. The van der Waals surface area contributed by atoms with Crippen LogP contribution in [0.3, 0.4) is 0 Å². The summed E-state index contributed by atoms with van der Waals surface area (Å²) in [6, 6.07) is 8.10. The largest absolute Gasteiger partial charge is 0.355 e. The van der Waals surface area contributed by atoms with Crippen molar-refractivity contribution in [1.82, 2.24) is 10.2 Å². The highest BCUT2D eigenvalue weighted by Gasteiger charge is 2.42. The van der Waals surface area contributed by atoms with Gasteiger partial charge < -0.3 is 10.2 Å². The summed E-state index contributed by atoms with van der Waals surface area (Å²) in [5.41, 5.74) is 1.30. The molecule has 4 nitrogen and oxygen atoms in total. The highest BCUT2D eigenvalue weighted by Crippen LogP contribution is 2.43. The van der Waals surface area contributed by atoms with Gasteiger partial charge in [-0.25, -0.2) is 0 Å². The monoisotopic (exact) mass is 362 g/mol. The number of halogens is 1. The van der Waals surface area contributed by atoms with Crippen molar-refractivity contribution in [2.45, 2.75) is 51.5 Å². The first-order chi connectivity index (χ1) is 11.9. The maximum Gasteiger partial charge on any atom is 0.227 e. The van der Waals surface area contributed by atoms with Gasteiger partial charge in [0, 0.05) is 24.2 Å². The first-order valence-corrected chi connectivity index (χ1v) is 9.54. The third kappa shape index (κ3) is 3.84. The third-order valence-electron chi connectivity index (χ3n) is 5.93. The highest BCUT2D eigenvalue weighted by molar-refractivity contribution is 6.30. The smallest absolute Gasteiger partial charge is 0.227 e. The van der Waals surface area contributed by atoms with Crippen LogP contribution in [0.15, 0.2) is 24.3 Å². The molecule has 2 aliphatic rings. The molecule has 2 fully saturated rings. The van der Waals surface area contributed by atoms with Gasteiger partial charge in [-0.1, -0.05) is 44.0 Å². The number of rotatable bonds is 4. The molecule has 136 valence electrons. The van der Waals surface area contributed by atoms with Crippen molar-refractivity contribution in [3.8, 4) is 0 Å². The number of hydrogen-bond donors (Lipinski definition) is 1. The van der Waals surface area contributed by atoms with Crippen LogP contribution in [0.1, 0.15) is 51.0 Å². The van der Waals surface area contributed by atoms with Gasteiger partial charge in [-0.2, -0.15) is 0 Å². The van der Waals surface area contributed by atoms with E-state index in [0.717, 1.165) is 50.2 Å². The molecule has 3 rings (SSSR count). The Labute approximate surface area is 154 Å². The van der Waals surface area contributed by atoms with E-state index >= 15 is 0 Å². The second-order valence-corrected chi connectivity index (χ2v) is 8.51. The number of hydrogen-bond acceptors (Lipinski definition) is 2. The number of nitrogens with one attached hydrogen (secondary N) is 1. The summed E-state index contributed by atoms with van der Waals surface area (Å²) in [4.78, 5) is 25.8. The number of piperidine rings is 1. The molecule has 1 aromatic rings. The highest BCUT2D eigenvalue weighted by atomic mass is 35.5. The number of benzene rings is 1. The molecule has 1 heterocycles. The van der Waals surface area contributed by atoms with Crippen molar-refractivity contribution in [2.75, 3.05) is 13.1 Å². The zero-order valence-corrected chi connectivity index (χ0v) is 15.8. The van der Waals surface area contributed by atoms with Gasteiger partial charge in [-0.15, -0.1) is 0 Å². The van der Waals surface area contributed by atoms with Gasteiger partial charge in [-0.05, 0) is 48.3 Å². The molecule has 3 unspecified atom stereocenters. The van der Waals surface area contributed by atoms with E-state index in [1.165, 1.54) is 5.56 Å². The second-order valence-electron chi connectivity index (χ2n) is 8.07. The summed E-state index contributed by atoms with van der Waals surface area (Å²) in [6.45, 7) is 6.01. The molecular weight excluding hydrogens is 336 g/mol. The quantitative estimate of drug-likeness (QED) is 0.832. The van der Waals surface area contributed by atoms with Gasteiger partial charge in [0.15, 0.2) is 0 Å². The third-order valence-corrected chi connectivity index (χ3v) is 6.18. The van der Waals surface area contributed by atoms with Crippen LogP contribution in [0.5, 0.6) is 0 Å². The fourth-order valence-electron chi connectivity index (χ4n) is 4.63. The first-order valence-electron chi connectivity index (χ1n) is 9.16. The van der Waals surface area contributed by atoms with Crippen molar-refractivity contribution in [1.29, 1.82) is 0 Å². The van der Waals surface area contributed by atoms with E-state index in [0.29, 0.717) is 5.92 Å². The van der Waals surface area contributed by atoms with Crippen molar-refractivity contribution >= 4 is 23.9 Å². The minimum absolute atomic E-state index is 0.00195. The Balaban J connectivity index is 1.70. The second kappa shape index (κ2) is 7.36. The Bertz CT molecular complexity index is 629. The normalized spacial score (nSPS) is 28.6. The van der Waals surface area contributed by atoms with E-state index in [9.17, 15) is 9.59 Å². The van der Waals surface area contributed by atoms with Crippen molar-refractivity contribution in [3.63, 3.8) is 0 Å². The Morgan fingerprint density at radius 2 is 1.96 bits per heavy atom. The Morgan fingerprint density at radius 3 is 2.60 bits per heavy atom. The molecule has 0 bridgehead atoms. The molecule has 1 N–H and O–H groups in total. The Kier molecular flexibility index (Phi) is 5.38. The summed E-state index contributed by atoms with van der Waals surface area (Å²) >= 11 is 6.01. The summed E-state index contributed by atoms with van der Waals surface area (Å²) in [6.07, 6.45) is 4.47. The van der Waals surface area contributed by atoms with Crippen LogP contribution in [-0.2, 0) is 9.59 Å². The van der Waals surface area contributed by atoms with Gasteiger partial charge in [0.1, 0.15) is 0 Å². The molecule has 0 spiro atoms. The summed E-state index contributed by atoms with van der Waals surface area (Å²) in [5.74, 6) is 0.564. The summed E-state index contributed by atoms with van der Waals surface area (Å²) in [5, 5.41) is 3.59. The van der Waals surface area contributed by atoms with Gasteiger partial charge in [0.05, 0.1) is 5.92 Å². The number of likely N-dealkylation sites (tertiary alicyclic amines) is 1. The van der Waals surface area contributed by atoms with Crippen LogP contribution < -0.4 is 5.32 Å². The van der Waals surface area contributed by atoms with Crippen LogP contribution in [0, 0.1) is 11.3 Å². The first kappa shape index (κ1) is 18.2. The van der Waals surface area contributed by atoms with Crippen LogP contribution in [-0.4, -0.2) is 36.3 Å². The molecule has 2 amide bonds. The topological polar surface area (TPSA) is 49.4 Å². The van der Waals surface area contributed by atoms with Crippen LogP contribution in [0.25, 0.3) is 0 Å². The summed E-state index contributed by atoms with van der Waals surface area (Å²) in [7, 11) is 0. The number of nitrogens with zero attached hydrogens (tertiary/aromatic N) is 1. The Morgan fingerprint density at radius 1 is 1.24 bits per heavy atom. The molecule has 1 aliphatic carbocycles. The molecule has 1 aromatic carbocycles. The van der Waals surface area contributed by atoms with Crippen LogP contribution >= 0.6 is 11.6 Å². The van der Waals surface area contributed by atoms with Gasteiger partial charge in [0.2, 0.25) is 12.3 Å². The molecule has 1 saturated heterocycles. The fourth-order valence-corrected chi connectivity index (χ4v) is 4.76. The standard InChI is InChI=1S/C20H27ClN2O2/c1-20(2)12-23(19(25)16-4-3-5-18(16)22-13-24)11-10-17(20)14-6-8-15(21)9-7-14/h6-9,13,16-18H,3-5,10-12H2,1-2H3,(H,22,24). The average molecular weight is 363 g/mol. The number of carbonyl (C=O) groups is 2. The molecule has 25 heavy (non-hydrogen) atoms. The van der Waals surface area contributed by atoms with Crippen LogP contribution in [0.2, 0.25) is 5.02 Å². The summed E-state index contributed by atoms with van der Waals surface area (Å²) < 4.78 is 0. The molecule has 1 saturated carbocycles. The van der Waals surface area contributed by atoms with E-state index in [-0.39, 0.29) is 23.3 Å². The lowest BCUT2D eigenvalue weighted by atomic mass is 9.70. The predicted octanol–water partition coefficient (Wildman–Crippen LogP) is 3.60. The average Bonchev–Trinajstić information content (AvgIpc) is 3.03. The molecule has 1 aliphatic heterocycles. The minimum Gasteiger partial charge on any atom is -0.355 e. The lowest BCUT2D eigenvalue weighted by Gasteiger charge is -2.45. The Hall–Kier alpha value is -1.55. The molecule has 3 atom stereocenters. The van der Waals surface area contributed by atoms with Crippen molar-refractivity contribution in [3.05, 3.63) is 34.9 Å². The van der Waals surface area contributed by atoms with Crippen LogP contribution in [0.4, 0.5) is 0 Å². The van der Waals surface area contributed by atoms with E-state index in [1.54, 1.807) is 0 Å². The zero-order valence-electron chi connectivity index (χ0n) is 15.0. The lowest BCUT2D eigenvalue weighted by Crippen LogP contribution is -2.51. The van der Waals surface area contributed by atoms with E-state index in [2.05, 4.69) is 31.3 Å². The lowest BCUT2D eigenvalue weighted by molar-refractivity contribution is -0.139. The number of carbonyl (C=O) groups excluding carboxylic acids is 2. The minimum atomic E-state index is -0.0620. The fraction of sp³-hybridized carbons (Fsp3) is 0.600.